The first-order valence-corrected chi connectivity index (χ1v) is 8.07. The third-order valence-corrected chi connectivity index (χ3v) is 4.99. The molecule has 3 rings (SSSR count). The fourth-order valence-electron chi connectivity index (χ4n) is 2.75. The smallest absolute Gasteiger partial charge is 0.0455 e. The Morgan fingerprint density at radius 2 is 1.90 bits per heavy atom. The molecule has 0 atom stereocenters. The van der Waals surface area contributed by atoms with Crippen LogP contribution in [0.3, 0.4) is 0 Å². The van der Waals surface area contributed by atoms with Gasteiger partial charge in [0.2, 0.25) is 0 Å². The lowest BCUT2D eigenvalue weighted by Crippen LogP contribution is -2.34. The van der Waals surface area contributed by atoms with E-state index in [2.05, 4.69) is 58.5 Å². The predicted octanol–water partition coefficient (Wildman–Crippen LogP) is 5.77. The van der Waals surface area contributed by atoms with Gasteiger partial charge in [-0.3, -0.25) is 0 Å². The summed E-state index contributed by atoms with van der Waals surface area (Å²) >= 11 is 9.70. The van der Waals surface area contributed by atoms with Crippen LogP contribution in [0.15, 0.2) is 46.9 Å². The van der Waals surface area contributed by atoms with Gasteiger partial charge in [0.1, 0.15) is 0 Å². The monoisotopic (exact) mass is 349 g/mol. The lowest BCUT2D eigenvalue weighted by molar-refractivity contribution is 0.374. The van der Waals surface area contributed by atoms with Crippen LogP contribution in [0.2, 0.25) is 5.02 Å². The van der Waals surface area contributed by atoms with Crippen LogP contribution in [0.4, 0.5) is 5.69 Å². The third kappa shape index (κ3) is 2.87. The first kappa shape index (κ1) is 14.0. The van der Waals surface area contributed by atoms with E-state index in [-0.39, 0.29) is 0 Å². The summed E-state index contributed by atoms with van der Waals surface area (Å²) in [6.07, 6.45) is 2.37. The highest BCUT2D eigenvalue weighted by atomic mass is 79.9. The number of anilines is 1. The van der Waals surface area contributed by atoms with Crippen molar-refractivity contribution in [1.29, 1.82) is 0 Å². The second-order valence-corrected chi connectivity index (χ2v) is 6.80. The van der Waals surface area contributed by atoms with Crippen molar-refractivity contribution in [2.24, 2.45) is 0 Å². The van der Waals surface area contributed by atoms with E-state index < -0.39 is 0 Å². The van der Waals surface area contributed by atoms with E-state index in [1.54, 1.807) is 0 Å². The molecule has 1 saturated carbocycles. The van der Waals surface area contributed by atoms with Crippen molar-refractivity contribution in [2.45, 2.75) is 31.7 Å². The van der Waals surface area contributed by atoms with Crippen molar-refractivity contribution in [3.8, 4) is 0 Å². The molecule has 20 heavy (non-hydrogen) atoms. The normalized spacial score (nSPS) is 21.4. The average Bonchev–Trinajstić information content (AvgIpc) is 2.38. The van der Waals surface area contributed by atoms with Crippen molar-refractivity contribution < 1.29 is 0 Å². The highest BCUT2D eigenvalue weighted by molar-refractivity contribution is 9.10. The van der Waals surface area contributed by atoms with Crippen molar-refractivity contribution in [2.75, 3.05) is 5.32 Å². The summed E-state index contributed by atoms with van der Waals surface area (Å²) in [6.45, 7) is 2.06. The number of rotatable bonds is 3. The molecule has 3 heteroatoms. The first-order valence-electron chi connectivity index (χ1n) is 6.90. The average molecular weight is 351 g/mol. The molecular weight excluding hydrogens is 334 g/mol. The summed E-state index contributed by atoms with van der Waals surface area (Å²) in [7, 11) is 0. The molecular formula is C17H17BrClN. The number of hydrogen-bond donors (Lipinski definition) is 1. The number of hydrogen-bond acceptors (Lipinski definition) is 1. The summed E-state index contributed by atoms with van der Waals surface area (Å²) in [5.74, 6) is 0.671. The number of benzene rings is 2. The molecule has 0 heterocycles. The Labute approximate surface area is 133 Å². The molecule has 1 fully saturated rings. The second-order valence-electron chi connectivity index (χ2n) is 5.48. The highest BCUT2D eigenvalue weighted by Gasteiger charge is 2.30. The maximum absolute atomic E-state index is 6.16. The van der Waals surface area contributed by atoms with E-state index in [0.29, 0.717) is 12.0 Å². The van der Waals surface area contributed by atoms with Crippen LogP contribution >= 0.6 is 27.5 Å². The number of nitrogens with one attached hydrogen (secondary N) is 1. The minimum atomic E-state index is 0.552. The highest BCUT2D eigenvalue weighted by Crippen LogP contribution is 2.39. The third-order valence-electron chi connectivity index (χ3n) is 4.09. The van der Waals surface area contributed by atoms with Gasteiger partial charge in [0.15, 0.2) is 0 Å². The molecule has 104 valence electrons. The Bertz CT molecular complexity index is 620. The van der Waals surface area contributed by atoms with Gasteiger partial charge in [0.05, 0.1) is 0 Å². The standard InChI is InChI=1S/C17H17BrClN/c1-11-16(19)6-3-7-17(11)20-15-9-13(10-15)12-4-2-5-14(18)8-12/h2-8,13,15,20H,9-10H2,1H3. The Morgan fingerprint density at radius 1 is 1.15 bits per heavy atom. The molecule has 0 aromatic heterocycles. The topological polar surface area (TPSA) is 12.0 Å². The maximum atomic E-state index is 6.16. The molecule has 0 saturated heterocycles. The summed E-state index contributed by atoms with van der Waals surface area (Å²) in [6, 6.07) is 15.2. The molecule has 0 aliphatic heterocycles. The van der Waals surface area contributed by atoms with Gasteiger partial charge in [0, 0.05) is 21.2 Å². The fourth-order valence-corrected chi connectivity index (χ4v) is 3.34. The molecule has 1 nitrogen and oxygen atoms in total. The minimum absolute atomic E-state index is 0.552. The Hall–Kier alpha value is -0.990. The van der Waals surface area contributed by atoms with Crippen LogP contribution in [0, 0.1) is 6.92 Å². The quantitative estimate of drug-likeness (QED) is 0.741. The molecule has 0 unspecified atom stereocenters. The molecule has 2 aromatic carbocycles. The lowest BCUT2D eigenvalue weighted by Gasteiger charge is -2.37. The Morgan fingerprint density at radius 3 is 2.65 bits per heavy atom. The molecule has 0 radical (unpaired) electrons. The summed E-state index contributed by atoms with van der Waals surface area (Å²) < 4.78 is 1.16. The van der Waals surface area contributed by atoms with Crippen molar-refractivity contribution in [1.82, 2.24) is 0 Å². The number of halogens is 2. The first-order chi connectivity index (χ1) is 9.63. The molecule has 0 amide bonds. The van der Waals surface area contributed by atoms with E-state index in [0.717, 1.165) is 20.7 Å². The van der Waals surface area contributed by atoms with E-state index in [1.165, 1.54) is 18.4 Å². The summed E-state index contributed by atoms with van der Waals surface area (Å²) in [4.78, 5) is 0. The van der Waals surface area contributed by atoms with E-state index in [1.807, 2.05) is 12.1 Å². The SMILES string of the molecule is Cc1c(Cl)cccc1NC1CC(c2cccc(Br)c2)C1. The van der Waals surface area contributed by atoms with Crippen LogP contribution < -0.4 is 5.32 Å². The molecule has 1 aliphatic carbocycles. The van der Waals surface area contributed by atoms with Gasteiger partial charge < -0.3 is 5.32 Å². The van der Waals surface area contributed by atoms with E-state index in [9.17, 15) is 0 Å². The molecule has 0 bridgehead atoms. The van der Waals surface area contributed by atoms with Gasteiger partial charge >= 0.3 is 0 Å². The van der Waals surface area contributed by atoms with Crippen molar-refractivity contribution in [3.05, 3.63) is 63.1 Å². The van der Waals surface area contributed by atoms with E-state index in [4.69, 9.17) is 11.6 Å². The van der Waals surface area contributed by atoms with Crippen LogP contribution in [0.5, 0.6) is 0 Å². The molecule has 1 N–H and O–H groups in total. The van der Waals surface area contributed by atoms with E-state index >= 15 is 0 Å². The Kier molecular flexibility index (Phi) is 4.04. The lowest BCUT2D eigenvalue weighted by atomic mass is 9.76. The maximum Gasteiger partial charge on any atom is 0.0455 e. The van der Waals surface area contributed by atoms with Gasteiger partial charge in [-0.1, -0.05) is 45.7 Å². The van der Waals surface area contributed by atoms with Gasteiger partial charge in [-0.25, -0.2) is 0 Å². The zero-order valence-corrected chi connectivity index (χ0v) is 13.7. The molecule has 0 spiro atoms. The zero-order valence-electron chi connectivity index (χ0n) is 11.4. The summed E-state index contributed by atoms with van der Waals surface area (Å²) in [5.41, 5.74) is 3.73. The Balaban J connectivity index is 1.62. The molecule has 2 aromatic rings. The van der Waals surface area contributed by atoms with Crippen LogP contribution in [0.1, 0.15) is 29.9 Å². The van der Waals surface area contributed by atoms with Gasteiger partial charge in [-0.05, 0) is 61.1 Å². The van der Waals surface area contributed by atoms with Crippen molar-refractivity contribution in [3.63, 3.8) is 0 Å². The van der Waals surface area contributed by atoms with Gasteiger partial charge in [-0.2, -0.15) is 0 Å². The van der Waals surface area contributed by atoms with Crippen molar-refractivity contribution >= 4 is 33.2 Å². The zero-order chi connectivity index (χ0) is 14.1. The van der Waals surface area contributed by atoms with Gasteiger partial charge in [0.25, 0.3) is 0 Å². The van der Waals surface area contributed by atoms with Crippen LogP contribution in [-0.2, 0) is 0 Å². The van der Waals surface area contributed by atoms with Crippen LogP contribution in [-0.4, -0.2) is 6.04 Å². The minimum Gasteiger partial charge on any atom is -0.382 e. The molecule has 1 aliphatic rings. The van der Waals surface area contributed by atoms with Crippen LogP contribution in [0.25, 0.3) is 0 Å². The second kappa shape index (κ2) is 5.79. The van der Waals surface area contributed by atoms with Gasteiger partial charge in [-0.15, -0.1) is 0 Å². The predicted molar refractivity (Wildman–Crippen MR) is 89.7 cm³/mol. The summed E-state index contributed by atoms with van der Waals surface area (Å²) in [5, 5.41) is 4.44. The largest absolute Gasteiger partial charge is 0.382 e. The fraction of sp³-hybridized carbons (Fsp3) is 0.294.